The fourth-order valence-corrected chi connectivity index (χ4v) is 1.66. The van der Waals surface area contributed by atoms with E-state index in [0.717, 1.165) is 12.8 Å². The van der Waals surface area contributed by atoms with E-state index in [9.17, 15) is 9.59 Å². The smallest absolute Gasteiger partial charge is 0.323 e. The van der Waals surface area contributed by atoms with Crippen molar-refractivity contribution in [3.8, 4) is 0 Å². The van der Waals surface area contributed by atoms with Crippen LogP contribution in [-0.2, 0) is 4.79 Å². The Labute approximate surface area is 87.9 Å². The fourth-order valence-electron chi connectivity index (χ4n) is 1.66. The van der Waals surface area contributed by atoms with Crippen LogP contribution < -0.4 is 5.32 Å². The van der Waals surface area contributed by atoms with Crippen molar-refractivity contribution in [2.24, 2.45) is 5.92 Å². The molecule has 86 valence electrons. The van der Waals surface area contributed by atoms with Gasteiger partial charge in [-0.2, -0.15) is 0 Å². The molecule has 0 saturated carbocycles. The van der Waals surface area contributed by atoms with E-state index in [-0.39, 0.29) is 25.1 Å². The molecule has 6 heteroatoms. The first-order valence-electron chi connectivity index (χ1n) is 4.99. The molecule has 1 heterocycles. The van der Waals surface area contributed by atoms with Crippen molar-refractivity contribution in [1.82, 2.24) is 10.2 Å². The maximum absolute atomic E-state index is 11.4. The van der Waals surface area contributed by atoms with Crippen LogP contribution in [-0.4, -0.2) is 53.4 Å². The number of carbonyl (C=O) groups is 2. The van der Waals surface area contributed by atoms with Gasteiger partial charge < -0.3 is 20.4 Å². The molecule has 1 rings (SSSR count). The number of amides is 2. The normalized spacial score (nSPS) is 21.1. The number of hydrogen-bond acceptors (Lipinski definition) is 3. The second kappa shape index (κ2) is 5.55. The molecule has 0 aromatic rings. The Hall–Kier alpha value is -1.30. The molecule has 0 aromatic carbocycles. The van der Waals surface area contributed by atoms with Gasteiger partial charge in [0.1, 0.15) is 6.54 Å². The number of rotatable bonds is 3. The quantitative estimate of drug-likeness (QED) is 0.592. The number of aliphatic hydroxyl groups excluding tert-OH is 1. The minimum Gasteiger partial charge on any atom is -0.480 e. The third-order valence-corrected chi connectivity index (χ3v) is 2.46. The molecule has 3 N–H and O–H groups in total. The van der Waals surface area contributed by atoms with Gasteiger partial charge in [-0.15, -0.1) is 0 Å². The molecule has 0 aromatic heterocycles. The van der Waals surface area contributed by atoms with Crippen molar-refractivity contribution in [3.05, 3.63) is 0 Å². The summed E-state index contributed by atoms with van der Waals surface area (Å²) < 4.78 is 0. The predicted molar refractivity (Wildman–Crippen MR) is 52.4 cm³/mol. The third kappa shape index (κ3) is 3.75. The number of nitrogens with zero attached hydrogens (tertiary/aromatic N) is 1. The average Bonchev–Trinajstić information content (AvgIpc) is 2.26. The van der Waals surface area contributed by atoms with Crippen LogP contribution in [0.2, 0.25) is 0 Å². The highest BCUT2D eigenvalue weighted by atomic mass is 16.4. The summed E-state index contributed by atoms with van der Waals surface area (Å²) in [6.45, 7) is 0.839. The number of carboxylic acid groups (broad SMARTS) is 1. The van der Waals surface area contributed by atoms with Gasteiger partial charge in [-0.25, -0.2) is 4.79 Å². The zero-order chi connectivity index (χ0) is 11.3. The van der Waals surface area contributed by atoms with E-state index in [1.807, 2.05) is 0 Å². The Kier molecular flexibility index (Phi) is 4.36. The highest BCUT2D eigenvalue weighted by molar-refractivity contribution is 5.79. The SMILES string of the molecule is O=C(O)CNC(=O)N1CCCC(CO)C1. The number of aliphatic hydroxyl groups is 1. The van der Waals surface area contributed by atoms with Gasteiger partial charge >= 0.3 is 12.0 Å². The second-order valence-electron chi connectivity index (χ2n) is 3.69. The van der Waals surface area contributed by atoms with Crippen LogP contribution in [0.15, 0.2) is 0 Å². The number of hydrogen-bond donors (Lipinski definition) is 3. The maximum Gasteiger partial charge on any atom is 0.323 e. The van der Waals surface area contributed by atoms with Gasteiger partial charge in [0.15, 0.2) is 0 Å². The lowest BCUT2D eigenvalue weighted by molar-refractivity contribution is -0.135. The molecule has 1 fully saturated rings. The summed E-state index contributed by atoms with van der Waals surface area (Å²) >= 11 is 0. The number of piperidine rings is 1. The number of urea groups is 1. The molecule has 2 amide bonds. The number of nitrogens with one attached hydrogen (secondary N) is 1. The van der Waals surface area contributed by atoms with Crippen molar-refractivity contribution in [2.45, 2.75) is 12.8 Å². The number of aliphatic carboxylic acids is 1. The van der Waals surface area contributed by atoms with Gasteiger partial charge in [-0.1, -0.05) is 0 Å². The molecule has 1 aliphatic rings. The topological polar surface area (TPSA) is 89.9 Å². The summed E-state index contributed by atoms with van der Waals surface area (Å²) in [7, 11) is 0. The molecule has 1 aliphatic heterocycles. The highest BCUT2D eigenvalue weighted by Crippen LogP contribution is 2.15. The van der Waals surface area contributed by atoms with Crippen LogP contribution in [0.1, 0.15) is 12.8 Å². The fraction of sp³-hybridized carbons (Fsp3) is 0.778. The molecular formula is C9H16N2O4. The van der Waals surface area contributed by atoms with E-state index in [4.69, 9.17) is 10.2 Å². The van der Waals surface area contributed by atoms with Crippen molar-refractivity contribution < 1.29 is 19.8 Å². The van der Waals surface area contributed by atoms with Crippen molar-refractivity contribution in [3.63, 3.8) is 0 Å². The summed E-state index contributed by atoms with van der Waals surface area (Å²) in [5, 5.41) is 19.6. The first-order valence-corrected chi connectivity index (χ1v) is 4.99. The predicted octanol–water partition coefficient (Wildman–Crippen LogP) is -0.515. The lowest BCUT2D eigenvalue weighted by atomic mass is 9.99. The first-order chi connectivity index (χ1) is 7.13. The molecule has 1 atom stereocenters. The Morgan fingerprint density at radius 2 is 2.20 bits per heavy atom. The van der Waals surface area contributed by atoms with E-state index in [0.29, 0.717) is 13.1 Å². The average molecular weight is 216 g/mol. The van der Waals surface area contributed by atoms with Crippen LogP contribution in [0.25, 0.3) is 0 Å². The first kappa shape index (κ1) is 11.8. The maximum atomic E-state index is 11.4. The number of carboxylic acids is 1. The molecule has 0 aliphatic carbocycles. The molecule has 0 spiro atoms. The summed E-state index contributed by atoms with van der Waals surface area (Å²) in [6, 6.07) is -0.365. The van der Waals surface area contributed by atoms with Gasteiger partial charge in [0.2, 0.25) is 0 Å². The second-order valence-corrected chi connectivity index (χ2v) is 3.69. The molecule has 6 nitrogen and oxygen atoms in total. The summed E-state index contributed by atoms with van der Waals surface area (Å²) in [5.74, 6) is -0.937. The Bertz CT molecular complexity index is 244. The standard InChI is InChI=1S/C9H16N2O4/c12-6-7-2-1-3-11(5-7)9(15)10-4-8(13)14/h7,12H,1-6H2,(H,10,15)(H,13,14). The lowest BCUT2D eigenvalue weighted by Gasteiger charge is -2.31. The van der Waals surface area contributed by atoms with E-state index in [2.05, 4.69) is 5.32 Å². The Morgan fingerprint density at radius 1 is 1.47 bits per heavy atom. The van der Waals surface area contributed by atoms with E-state index >= 15 is 0 Å². The summed E-state index contributed by atoms with van der Waals surface area (Å²) in [5.41, 5.74) is 0. The zero-order valence-corrected chi connectivity index (χ0v) is 8.48. The highest BCUT2D eigenvalue weighted by Gasteiger charge is 2.22. The lowest BCUT2D eigenvalue weighted by Crippen LogP contribution is -2.47. The van der Waals surface area contributed by atoms with Crippen LogP contribution in [0.4, 0.5) is 4.79 Å². The van der Waals surface area contributed by atoms with Crippen molar-refractivity contribution in [1.29, 1.82) is 0 Å². The Balaban J connectivity index is 2.35. The van der Waals surface area contributed by atoms with Gasteiger partial charge in [0.25, 0.3) is 0 Å². The Morgan fingerprint density at radius 3 is 2.80 bits per heavy atom. The molecule has 0 bridgehead atoms. The van der Waals surface area contributed by atoms with Crippen LogP contribution >= 0.6 is 0 Å². The van der Waals surface area contributed by atoms with Crippen LogP contribution in [0, 0.1) is 5.92 Å². The van der Waals surface area contributed by atoms with E-state index in [1.54, 1.807) is 4.90 Å². The molecule has 1 unspecified atom stereocenters. The summed E-state index contributed by atoms with van der Waals surface area (Å²) in [6.07, 6.45) is 1.77. The minimum absolute atomic E-state index is 0.0721. The van der Waals surface area contributed by atoms with Gasteiger partial charge in [0.05, 0.1) is 0 Å². The van der Waals surface area contributed by atoms with E-state index in [1.165, 1.54) is 0 Å². The zero-order valence-electron chi connectivity index (χ0n) is 8.48. The van der Waals surface area contributed by atoms with Gasteiger partial charge in [-0.05, 0) is 18.8 Å². The van der Waals surface area contributed by atoms with Crippen molar-refractivity contribution in [2.75, 3.05) is 26.2 Å². The van der Waals surface area contributed by atoms with Crippen LogP contribution in [0.5, 0.6) is 0 Å². The molecule has 1 saturated heterocycles. The largest absolute Gasteiger partial charge is 0.480 e. The summed E-state index contributed by atoms with van der Waals surface area (Å²) in [4.78, 5) is 23.2. The monoisotopic (exact) mass is 216 g/mol. The third-order valence-electron chi connectivity index (χ3n) is 2.46. The number of likely N-dealkylation sites (tertiary alicyclic amines) is 1. The molecule has 0 radical (unpaired) electrons. The molecule has 15 heavy (non-hydrogen) atoms. The van der Waals surface area contributed by atoms with E-state index < -0.39 is 5.97 Å². The number of carbonyl (C=O) groups excluding carboxylic acids is 1. The minimum atomic E-state index is -1.06. The van der Waals surface area contributed by atoms with Crippen LogP contribution in [0.3, 0.4) is 0 Å². The van der Waals surface area contributed by atoms with Gasteiger partial charge in [0, 0.05) is 19.7 Å². The molecular weight excluding hydrogens is 200 g/mol. The van der Waals surface area contributed by atoms with Gasteiger partial charge in [-0.3, -0.25) is 4.79 Å². The van der Waals surface area contributed by atoms with Crippen molar-refractivity contribution >= 4 is 12.0 Å².